The van der Waals surface area contributed by atoms with E-state index in [9.17, 15) is 0 Å². The minimum absolute atomic E-state index is 0.929. The summed E-state index contributed by atoms with van der Waals surface area (Å²) in [7, 11) is 1.94. The van der Waals surface area contributed by atoms with Gasteiger partial charge in [0.2, 0.25) is 0 Å². The van der Waals surface area contributed by atoms with Gasteiger partial charge < -0.3 is 5.32 Å². The molecule has 1 N–H and O–H groups in total. The molecule has 1 aromatic rings. The van der Waals surface area contributed by atoms with Gasteiger partial charge in [-0.25, -0.2) is 9.97 Å². The van der Waals surface area contributed by atoms with Gasteiger partial charge in [-0.1, -0.05) is 6.92 Å². The standard InChI is InChI=1S/C11H17N3S/c1-3-15-7-10-13-9-6-4-5-8(9)11(12-2)14-10/h3-7H2,1-2H3,(H,12,13,14). The molecule has 82 valence electrons. The fourth-order valence-electron chi connectivity index (χ4n) is 1.95. The number of fused-ring (bicyclic) bond motifs is 1. The van der Waals surface area contributed by atoms with E-state index in [0.717, 1.165) is 36.0 Å². The first-order chi connectivity index (χ1) is 7.35. The molecule has 2 rings (SSSR count). The van der Waals surface area contributed by atoms with E-state index in [1.165, 1.54) is 17.7 Å². The summed E-state index contributed by atoms with van der Waals surface area (Å²) < 4.78 is 0. The molecular formula is C11H17N3S. The fraction of sp³-hybridized carbons (Fsp3) is 0.636. The van der Waals surface area contributed by atoms with E-state index in [2.05, 4.69) is 22.2 Å². The summed E-state index contributed by atoms with van der Waals surface area (Å²) >= 11 is 1.87. The van der Waals surface area contributed by atoms with Gasteiger partial charge in [-0.05, 0) is 25.0 Å². The monoisotopic (exact) mass is 223 g/mol. The molecule has 1 heterocycles. The smallest absolute Gasteiger partial charge is 0.140 e. The molecule has 3 nitrogen and oxygen atoms in total. The molecule has 15 heavy (non-hydrogen) atoms. The minimum Gasteiger partial charge on any atom is -0.373 e. The lowest BCUT2D eigenvalue weighted by Gasteiger charge is -2.08. The highest BCUT2D eigenvalue weighted by atomic mass is 32.2. The predicted molar refractivity (Wildman–Crippen MR) is 65.4 cm³/mol. The third-order valence-electron chi connectivity index (χ3n) is 2.65. The molecule has 0 bridgehead atoms. The number of aryl methyl sites for hydroxylation is 1. The normalized spacial score (nSPS) is 14.0. The van der Waals surface area contributed by atoms with E-state index < -0.39 is 0 Å². The maximum atomic E-state index is 4.63. The van der Waals surface area contributed by atoms with E-state index in [0.29, 0.717) is 0 Å². The summed E-state index contributed by atoms with van der Waals surface area (Å²) in [4.78, 5) is 9.18. The second-order valence-electron chi connectivity index (χ2n) is 3.65. The molecular weight excluding hydrogens is 206 g/mol. The van der Waals surface area contributed by atoms with Gasteiger partial charge >= 0.3 is 0 Å². The molecule has 0 aromatic carbocycles. The van der Waals surface area contributed by atoms with Crippen molar-refractivity contribution in [2.24, 2.45) is 0 Å². The van der Waals surface area contributed by atoms with Crippen LogP contribution in [0.25, 0.3) is 0 Å². The number of anilines is 1. The lowest BCUT2D eigenvalue weighted by Crippen LogP contribution is -2.05. The van der Waals surface area contributed by atoms with Gasteiger partial charge in [0, 0.05) is 18.3 Å². The summed E-state index contributed by atoms with van der Waals surface area (Å²) in [6, 6.07) is 0. The number of rotatable bonds is 4. The van der Waals surface area contributed by atoms with Gasteiger partial charge in [0.25, 0.3) is 0 Å². The highest BCUT2D eigenvalue weighted by molar-refractivity contribution is 7.98. The molecule has 1 aromatic heterocycles. The van der Waals surface area contributed by atoms with E-state index >= 15 is 0 Å². The Labute approximate surface area is 95.1 Å². The van der Waals surface area contributed by atoms with Crippen LogP contribution in [-0.4, -0.2) is 22.8 Å². The largest absolute Gasteiger partial charge is 0.373 e. The summed E-state index contributed by atoms with van der Waals surface area (Å²) in [6.07, 6.45) is 3.48. The number of hydrogen-bond donors (Lipinski definition) is 1. The van der Waals surface area contributed by atoms with Crippen molar-refractivity contribution < 1.29 is 0 Å². The van der Waals surface area contributed by atoms with Crippen LogP contribution < -0.4 is 5.32 Å². The Balaban J connectivity index is 2.26. The van der Waals surface area contributed by atoms with Crippen LogP contribution >= 0.6 is 11.8 Å². The zero-order valence-corrected chi connectivity index (χ0v) is 10.2. The minimum atomic E-state index is 0.929. The molecule has 0 saturated carbocycles. The third kappa shape index (κ3) is 2.25. The van der Waals surface area contributed by atoms with Crippen LogP contribution in [0.1, 0.15) is 30.4 Å². The molecule has 0 amide bonds. The van der Waals surface area contributed by atoms with Gasteiger partial charge in [0.05, 0.1) is 5.75 Å². The Hall–Kier alpha value is -0.770. The van der Waals surface area contributed by atoms with Crippen molar-refractivity contribution in [2.75, 3.05) is 18.1 Å². The topological polar surface area (TPSA) is 37.8 Å². The Kier molecular flexibility index (Phi) is 3.46. The lowest BCUT2D eigenvalue weighted by atomic mass is 10.2. The molecule has 0 fully saturated rings. The van der Waals surface area contributed by atoms with Crippen molar-refractivity contribution in [1.82, 2.24) is 9.97 Å². The summed E-state index contributed by atoms with van der Waals surface area (Å²) in [5.41, 5.74) is 2.60. The quantitative estimate of drug-likeness (QED) is 0.849. The fourth-order valence-corrected chi connectivity index (χ4v) is 2.46. The van der Waals surface area contributed by atoms with Crippen molar-refractivity contribution in [3.63, 3.8) is 0 Å². The second-order valence-corrected chi connectivity index (χ2v) is 4.93. The predicted octanol–water partition coefficient (Wildman–Crippen LogP) is 2.26. The molecule has 0 aliphatic heterocycles. The molecule has 0 spiro atoms. The molecule has 1 aliphatic carbocycles. The van der Waals surface area contributed by atoms with Gasteiger partial charge in [0.15, 0.2) is 0 Å². The van der Waals surface area contributed by atoms with Crippen LogP contribution in [-0.2, 0) is 18.6 Å². The SMILES string of the molecule is CCSCc1nc2c(c(NC)n1)CCC2. The summed E-state index contributed by atoms with van der Waals surface area (Å²) in [6.45, 7) is 2.16. The maximum Gasteiger partial charge on any atom is 0.140 e. The van der Waals surface area contributed by atoms with Crippen LogP contribution in [0.2, 0.25) is 0 Å². The summed E-state index contributed by atoms with van der Waals surface area (Å²) in [5.74, 6) is 4.07. The highest BCUT2D eigenvalue weighted by Gasteiger charge is 2.18. The van der Waals surface area contributed by atoms with Gasteiger partial charge in [-0.3, -0.25) is 0 Å². The van der Waals surface area contributed by atoms with Crippen molar-refractivity contribution in [1.29, 1.82) is 0 Å². The van der Waals surface area contributed by atoms with Crippen LogP contribution in [0, 0.1) is 0 Å². The molecule has 0 atom stereocenters. The Morgan fingerprint density at radius 1 is 1.33 bits per heavy atom. The van der Waals surface area contributed by atoms with Crippen molar-refractivity contribution in [2.45, 2.75) is 31.9 Å². The molecule has 4 heteroatoms. The number of thioether (sulfide) groups is 1. The van der Waals surface area contributed by atoms with Crippen LogP contribution in [0.5, 0.6) is 0 Å². The summed E-state index contributed by atoms with van der Waals surface area (Å²) in [5, 5.41) is 3.18. The van der Waals surface area contributed by atoms with E-state index in [1.807, 2.05) is 18.8 Å². The first-order valence-electron chi connectivity index (χ1n) is 5.49. The van der Waals surface area contributed by atoms with Gasteiger partial charge in [0.1, 0.15) is 11.6 Å². The Morgan fingerprint density at radius 3 is 2.93 bits per heavy atom. The van der Waals surface area contributed by atoms with E-state index in [-0.39, 0.29) is 0 Å². The van der Waals surface area contributed by atoms with Crippen molar-refractivity contribution in [3.05, 3.63) is 17.1 Å². The average Bonchev–Trinajstić information content (AvgIpc) is 2.73. The van der Waals surface area contributed by atoms with E-state index in [4.69, 9.17) is 0 Å². The average molecular weight is 223 g/mol. The molecule has 0 unspecified atom stereocenters. The zero-order valence-electron chi connectivity index (χ0n) is 9.34. The van der Waals surface area contributed by atoms with Crippen molar-refractivity contribution >= 4 is 17.6 Å². The Morgan fingerprint density at radius 2 is 2.20 bits per heavy atom. The number of hydrogen-bond acceptors (Lipinski definition) is 4. The van der Waals surface area contributed by atoms with Crippen LogP contribution in [0.15, 0.2) is 0 Å². The zero-order chi connectivity index (χ0) is 10.7. The van der Waals surface area contributed by atoms with Crippen LogP contribution in [0.4, 0.5) is 5.82 Å². The third-order valence-corrected chi connectivity index (χ3v) is 3.52. The first-order valence-corrected chi connectivity index (χ1v) is 6.64. The maximum absolute atomic E-state index is 4.63. The van der Waals surface area contributed by atoms with Gasteiger partial charge in [-0.2, -0.15) is 11.8 Å². The lowest BCUT2D eigenvalue weighted by molar-refractivity contribution is 0.893. The van der Waals surface area contributed by atoms with E-state index in [1.54, 1.807) is 0 Å². The molecule has 0 radical (unpaired) electrons. The van der Waals surface area contributed by atoms with Crippen LogP contribution in [0.3, 0.4) is 0 Å². The number of nitrogens with zero attached hydrogens (tertiary/aromatic N) is 2. The number of nitrogens with one attached hydrogen (secondary N) is 1. The second kappa shape index (κ2) is 4.84. The van der Waals surface area contributed by atoms with Crippen molar-refractivity contribution in [3.8, 4) is 0 Å². The highest BCUT2D eigenvalue weighted by Crippen LogP contribution is 2.26. The molecule has 0 saturated heterocycles. The molecule has 1 aliphatic rings. The van der Waals surface area contributed by atoms with Gasteiger partial charge in [-0.15, -0.1) is 0 Å². The number of aromatic nitrogens is 2. The Bertz CT molecular complexity index is 352. The first kappa shape index (κ1) is 10.7.